The molecule has 1 heterocycles. The van der Waals surface area contributed by atoms with Crippen molar-refractivity contribution in [2.75, 3.05) is 6.54 Å². The van der Waals surface area contributed by atoms with Crippen molar-refractivity contribution in [3.63, 3.8) is 0 Å². The lowest BCUT2D eigenvalue weighted by molar-refractivity contribution is -0.120. The molecule has 0 atom stereocenters. The molecule has 0 bridgehead atoms. The van der Waals surface area contributed by atoms with Gasteiger partial charge in [-0.05, 0) is 57.0 Å². The molecule has 0 radical (unpaired) electrons. The summed E-state index contributed by atoms with van der Waals surface area (Å²) in [7, 11) is 0. The second kappa shape index (κ2) is 8.95. The van der Waals surface area contributed by atoms with Crippen LogP contribution in [0, 0.1) is 19.7 Å². The number of hydrogen-bond acceptors (Lipinski definition) is 3. The zero-order valence-electron chi connectivity index (χ0n) is 16.0. The van der Waals surface area contributed by atoms with Crippen LogP contribution in [0.2, 0.25) is 0 Å². The van der Waals surface area contributed by atoms with Gasteiger partial charge in [0.15, 0.2) is 0 Å². The van der Waals surface area contributed by atoms with E-state index in [-0.39, 0.29) is 18.3 Å². The summed E-state index contributed by atoms with van der Waals surface area (Å²) in [5.74, 6) is -0.392. The number of hydrazone groups is 1. The van der Waals surface area contributed by atoms with E-state index in [1.165, 1.54) is 31.4 Å². The minimum absolute atomic E-state index is 0.135. The van der Waals surface area contributed by atoms with Crippen LogP contribution in [-0.4, -0.2) is 29.3 Å². The summed E-state index contributed by atoms with van der Waals surface area (Å²) >= 11 is 0. The SMILES string of the molecule is Cc1cc(/C=N\NC(=O)CNC2CCCCC2)c(C)n1-c1ccc(F)cc1. The lowest BCUT2D eigenvalue weighted by Gasteiger charge is -2.22. The molecule has 0 unspecified atom stereocenters. The van der Waals surface area contributed by atoms with E-state index in [9.17, 15) is 9.18 Å². The molecule has 1 fully saturated rings. The predicted molar refractivity (Wildman–Crippen MR) is 106 cm³/mol. The Balaban J connectivity index is 1.58. The Kier molecular flexibility index (Phi) is 6.40. The van der Waals surface area contributed by atoms with Crippen molar-refractivity contribution >= 4 is 12.1 Å². The average Bonchev–Trinajstić information content (AvgIpc) is 2.95. The summed E-state index contributed by atoms with van der Waals surface area (Å²) in [5.41, 5.74) is 6.40. The molecule has 1 aromatic carbocycles. The maximum absolute atomic E-state index is 13.2. The highest BCUT2D eigenvalue weighted by Crippen LogP contribution is 2.20. The van der Waals surface area contributed by atoms with E-state index >= 15 is 0 Å². The van der Waals surface area contributed by atoms with E-state index in [1.807, 2.05) is 24.5 Å². The van der Waals surface area contributed by atoms with Crippen LogP contribution in [0.3, 0.4) is 0 Å². The number of carbonyl (C=O) groups is 1. The molecule has 5 nitrogen and oxygen atoms in total. The van der Waals surface area contributed by atoms with Gasteiger partial charge in [-0.15, -0.1) is 0 Å². The summed E-state index contributed by atoms with van der Waals surface area (Å²) in [6, 6.07) is 8.82. The van der Waals surface area contributed by atoms with Gasteiger partial charge in [-0.1, -0.05) is 19.3 Å². The van der Waals surface area contributed by atoms with Crippen LogP contribution in [0.1, 0.15) is 49.1 Å². The minimum Gasteiger partial charge on any atom is -0.318 e. The minimum atomic E-state index is -0.257. The van der Waals surface area contributed by atoms with Crippen molar-refractivity contribution in [3.8, 4) is 5.69 Å². The standard InChI is InChI=1S/C21H27FN4O/c1-15-12-17(16(2)26(15)20-10-8-18(22)9-11-20)13-24-25-21(27)14-23-19-6-4-3-5-7-19/h8-13,19,23H,3-7,14H2,1-2H3,(H,25,27)/b24-13-. The fourth-order valence-electron chi connectivity index (χ4n) is 3.66. The maximum atomic E-state index is 13.2. The highest BCUT2D eigenvalue weighted by molar-refractivity contribution is 5.84. The number of aryl methyl sites for hydroxylation is 1. The van der Waals surface area contributed by atoms with Gasteiger partial charge in [0, 0.05) is 28.7 Å². The highest BCUT2D eigenvalue weighted by atomic mass is 19.1. The van der Waals surface area contributed by atoms with Gasteiger partial charge in [-0.3, -0.25) is 4.79 Å². The number of amides is 1. The van der Waals surface area contributed by atoms with Gasteiger partial charge < -0.3 is 9.88 Å². The van der Waals surface area contributed by atoms with Crippen LogP contribution in [0.15, 0.2) is 35.4 Å². The smallest absolute Gasteiger partial charge is 0.254 e. The molecule has 1 aliphatic rings. The zero-order valence-corrected chi connectivity index (χ0v) is 16.0. The van der Waals surface area contributed by atoms with Gasteiger partial charge in [0.05, 0.1) is 12.8 Å². The van der Waals surface area contributed by atoms with Gasteiger partial charge in [-0.25, -0.2) is 9.82 Å². The van der Waals surface area contributed by atoms with Crippen molar-refractivity contribution in [2.45, 2.75) is 52.0 Å². The quantitative estimate of drug-likeness (QED) is 0.603. The third kappa shape index (κ3) is 5.04. The van der Waals surface area contributed by atoms with Crippen LogP contribution in [0.5, 0.6) is 0 Å². The molecular weight excluding hydrogens is 343 g/mol. The summed E-state index contributed by atoms with van der Waals surface area (Å²) < 4.78 is 15.2. The third-order valence-corrected chi connectivity index (χ3v) is 5.10. The first-order valence-corrected chi connectivity index (χ1v) is 9.55. The maximum Gasteiger partial charge on any atom is 0.254 e. The molecule has 2 N–H and O–H groups in total. The first-order valence-electron chi connectivity index (χ1n) is 9.55. The number of aromatic nitrogens is 1. The Bertz CT molecular complexity index is 804. The first kappa shape index (κ1) is 19.3. The fraction of sp³-hybridized carbons (Fsp3) is 0.429. The molecule has 3 rings (SSSR count). The molecule has 0 aliphatic heterocycles. The van der Waals surface area contributed by atoms with Crippen LogP contribution >= 0.6 is 0 Å². The van der Waals surface area contributed by atoms with Gasteiger partial charge in [-0.2, -0.15) is 5.10 Å². The molecule has 2 aromatic rings. The van der Waals surface area contributed by atoms with Crippen LogP contribution in [-0.2, 0) is 4.79 Å². The second-order valence-corrected chi connectivity index (χ2v) is 7.15. The molecule has 1 amide bonds. The summed E-state index contributed by atoms with van der Waals surface area (Å²) in [4.78, 5) is 12.0. The van der Waals surface area contributed by atoms with Crippen molar-refractivity contribution in [1.29, 1.82) is 0 Å². The number of hydrogen-bond donors (Lipinski definition) is 2. The van der Waals surface area contributed by atoms with E-state index in [4.69, 9.17) is 0 Å². The Labute approximate surface area is 159 Å². The molecule has 144 valence electrons. The number of nitrogens with zero attached hydrogens (tertiary/aromatic N) is 2. The lowest BCUT2D eigenvalue weighted by atomic mass is 9.95. The summed E-state index contributed by atoms with van der Waals surface area (Å²) in [6.07, 6.45) is 7.71. The van der Waals surface area contributed by atoms with Gasteiger partial charge in [0.2, 0.25) is 0 Å². The Morgan fingerprint density at radius 3 is 2.63 bits per heavy atom. The second-order valence-electron chi connectivity index (χ2n) is 7.15. The summed E-state index contributed by atoms with van der Waals surface area (Å²) in [5, 5.41) is 7.39. The molecule has 27 heavy (non-hydrogen) atoms. The van der Waals surface area contributed by atoms with Crippen molar-refractivity contribution in [3.05, 3.63) is 53.1 Å². The first-order chi connectivity index (χ1) is 13.0. The third-order valence-electron chi connectivity index (χ3n) is 5.10. The summed E-state index contributed by atoms with van der Waals surface area (Å²) in [6.45, 7) is 4.25. The Morgan fingerprint density at radius 2 is 1.93 bits per heavy atom. The van der Waals surface area contributed by atoms with E-state index in [2.05, 4.69) is 15.8 Å². The molecule has 1 aliphatic carbocycles. The van der Waals surface area contributed by atoms with Crippen molar-refractivity contribution in [2.24, 2.45) is 5.10 Å². The number of nitrogens with one attached hydrogen (secondary N) is 2. The van der Waals surface area contributed by atoms with Crippen LogP contribution in [0.4, 0.5) is 4.39 Å². The molecule has 1 aromatic heterocycles. The van der Waals surface area contributed by atoms with E-state index in [0.717, 1.165) is 35.5 Å². The molecular formula is C21H27FN4O. The van der Waals surface area contributed by atoms with Crippen molar-refractivity contribution < 1.29 is 9.18 Å². The number of benzene rings is 1. The van der Waals surface area contributed by atoms with Gasteiger partial charge in [0.25, 0.3) is 5.91 Å². The van der Waals surface area contributed by atoms with E-state index in [1.54, 1.807) is 18.3 Å². The number of carbonyl (C=O) groups excluding carboxylic acids is 1. The van der Waals surface area contributed by atoms with Crippen LogP contribution < -0.4 is 10.7 Å². The number of rotatable bonds is 6. The largest absolute Gasteiger partial charge is 0.318 e. The molecule has 6 heteroatoms. The molecule has 0 spiro atoms. The molecule has 0 saturated heterocycles. The van der Waals surface area contributed by atoms with Gasteiger partial charge in [0.1, 0.15) is 5.82 Å². The monoisotopic (exact) mass is 370 g/mol. The fourth-order valence-corrected chi connectivity index (χ4v) is 3.66. The Morgan fingerprint density at radius 1 is 1.22 bits per heavy atom. The predicted octanol–water partition coefficient (Wildman–Crippen LogP) is 3.61. The van der Waals surface area contributed by atoms with E-state index < -0.39 is 0 Å². The zero-order chi connectivity index (χ0) is 19.2. The number of halogens is 1. The van der Waals surface area contributed by atoms with Gasteiger partial charge >= 0.3 is 0 Å². The average molecular weight is 370 g/mol. The van der Waals surface area contributed by atoms with Crippen molar-refractivity contribution in [1.82, 2.24) is 15.3 Å². The molecule has 1 saturated carbocycles. The lowest BCUT2D eigenvalue weighted by Crippen LogP contribution is -2.38. The highest BCUT2D eigenvalue weighted by Gasteiger charge is 2.14. The van der Waals surface area contributed by atoms with E-state index in [0.29, 0.717) is 6.04 Å². The Hall–Kier alpha value is -2.47. The topological polar surface area (TPSA) is 58.4 Å². The normalized spacial score (nSPS) is 15.4. The van der Waals surface area contributed by atoms with Crippen LogP contribution in [0.25, 0.3) is 5.69 Å².